The lowest BCUT2D eigenvalue weighted by Crippen LogP contribution is -2.49. The smallest absolute Gasteiger partial charge is 0.409 e. The number of benzene rings is 1. The fraction of sp³-hybridized carbons (Fsp3) is 0.375. The minimum Gasteiger partial charge on any atom is -0.450 e. The Balaban J connectivity index is 1.57. The van der Waals surface area contributed by atoms with Gasteiger partial charge in [-0.3, -0.25) is 14.5 Å². The van der Waals surface area contributed by atoms with Gasteiger partial charge in [0.25, 0.3) is 11.8 Å². The molecule has 3 amide bonds. The number of hydrogen-bond donors (Lipinski definition) is 0. The summed E-state index contributed by atoms with van der Waals surface area (Å²) in [5.74, 6) is -0.506. The summed E-state index contributed by atoms with van der Waals surface area (Å²) in [5.41, 5.74) is 1.97. The lowest BCUT2D eigenvalue weighted by molar-refractivity contribution is -0.141. The number of amides is 3. The number of carbonyl (C=O) groups is 3. The number of rotatable bonds is 6. The van der Waals surface area contributed by atoms with Crippen LogP contribution in [-0.4, -0.2) is 65.4 Å². The van der Waals surface area contributed by atoms with Gasteiger partial charge in [-0.05, 0) is 36.8 Å². The Labute approximate surface area is 191 Å². The van der Waals surface area contributed by atoms with Crippen LogP contribution in [-0.2, 0) is 20.9 Å². The minimum atomic E-state index is -0.342. The SMILES string of the molecule is CCOC(=O)N1CCC(N2C(=O)C(c3cccs3)=C(N(C)Cc3ccccc3)C2=O)CC1. The van der Waals surface area contributed by atoms with Gasteiger partial charge in [-0.25, -0.2) is 4.79 Å². The van der Waals surface area contributed by atoms with Crippen LogP contribution in [0.2, 0.25) is 0 Å². The van der Waals surface area contributed by atoms with Crippen LogP contribution in [0.4, 0.5) is 4.79 Å². The number of ether oxygens (including phenoxy) is 1. The van der Waals surface area contributed by atoms with Crippen LogP contribution in [0.3, 0.4) is 0 Å². The van der Waals surface area contributed by atoms with Crippen molar-refractivity contribution in [2.24, 2.45) is 0 Å². The van der Waals surface area contributed by atoms with E-state index in [0.29, 0.717) is 50.4 Å². The maximum absolute atomic E-state index is 13.6. The number of nitrogens with zero attached hydrogens (tertiary/aromatic N) is 3. The first-order chi connectivity index (χ1) is 15.5. The van der Waals surface area contributed by atoms with E-state index in [4.69, 9.17) is 4.74 Å². The molecule has 1 aromatic carbocycles. The minimum absolute atomic E-state index is 0.238. The largest absolute Gasteiger partial charge is 0.450 e. The average molecular weight is 454 g/mol. The van der Waals surface area contributed by atoms with Crippen molar-refractivity contribution in [2.45, 2.75) is 32.4 Å². The number of piperidine rings is 1. The van der Waals surface area contributed by atoms with E-state index in [2.05, 4.69) is 0 Å². The fourth-order valence-electron chi connectivity index (χ4n) is 4.32. The average Bonchev–Trinajstić information content (AvgIpc) is 3.41. The zero-order chi connectivity index (χ0) is 22.7. The second-order valence-electron chi connectivity index (χ2n) is 7.94. The number of thiophene rings is 1. The number of likely N-dealkylation sites (N-methyl/N-ethyl adjacent to an activating group) is 1. The lowest BCUT2D eigenvalue weighted by Gasteiger charge is -2.35. The van der Waals surface area contributed by atoms with E-state index < -0.39 is 0 Å². The zero-order valence-electron chi connectivity index (χ0n) is 18.3. The molecule has 1 aromatic heterocycles. The Hall–Kier alpha value is -3.13. The number of likely N-dealkylation sites (tertiary alicyclic amines) is 1. The van der Waals surface area contributed by atoms with Crippen LogP contribution in [0.1, 0.15) is 30.2 Å². The Bertz CT molecular complexity index is 1010. The number of hydrogen-bond acceptors (Lipinski definition) is 6. The van der Waals surface area contributed by atoms with Crippen molar-refractivity contribution < 1.29 is 19.1 Å². The maximum Gasteiger partial charge on any atom is 0.409 e. The van der Waals surface area contributed by atoms with Gasteiger partial charge in [-0.2, -0.15) is 0 Å². The molecule has 7 nitrogen and oxygen atoms in total. The first-order valence-corrected chi connectivity index (χ1v) is 11.7. The third kappa shape index (κ3) is 4.27. The summed E-state index contributed by atoms with van der Waals surface area (Å²) in [5, 5.41) is 1.91. The molecule has 0 unspecified atom stereocenters. The summed E-state index contributed by atoms with van der Waals surface area (Å²) < 4.78 is 5.08. The predicted octanol–water partition coefficient (Wildman–Crippen LogP) is 3.58. The van der Waals surface area contributed by atoms with Gasteiger partial charge in [-0.1, -0.05) is 36.4 Å². The van der Waals surface area contributed by atoms with Crippen molar-refractivity contribution in [2.75, 3.05) is 26.7 Å². The second-order valence-corrected chi connectivity index (χ2v) is 8.89. The highest BCUT2D eigenvalue weighted by atomic mass is 32.1. The van der Waals surface area contributed by atoms with Gasteiger partial charge in [-0.15, -0.1) is 11.3 Å². The molecule has 2 aliphatic heterocycles. The summed E-state index contributed by atoms with van der Waals surface area (Å²) in [6, 6.07) is 13.4. The quantitative estimate of drug-likeness (QED) is 0.626. The van der Waals surface area contributed by atoms with Crippen molar-refractivity contribution in [3.63, 3.8) is 0 Å². The molecule has 168 valence electrons. The molecule has 2 aliphatic rings. The van der Waals surface area contributed by atoms with Crippen LogP contribution >= 0.6 is 11.3 Å². The summed E-state index contributed by atoms with van der Waals surface area (Å²) in [6.07, 6.45) is 0.749. The molecule has 32 heavy (non-hydrogen) atoms. The van der Waals surface area contributed by atoms with Crippen LogP contribution < -0.4 is 0 Å². The normalized spacial score (nSPS) is 17.3. The van der Waals surface area contributed by atoms with Gasteiger partial charge in [0.15, 0.2) is 0 Å². The molecule has 3 heterocycles. The molecule has 4 rings (SSSR count). The fourth-order valence-corrected chi connectivity index (χ4v) is 5.08. The van der Waals surface area contributed by atoms with Crippen molar-refractivity contribution in [1.29, 1.82) is 0 Å². The predicted molar refractivity (Wildman–Crippen MR) is 123 cm³/mol. The van der Waals surface area contributed by atoms with E-state index in [1.54, 1.807) is 11.8 Å². The monoisotopic (exact) mass is 453 g/mol. The van der Waals surface area contributed by atoms with Gasteiger partial charge in [0.05, 0.1) is 12.2 Å². The van der Waals surface area contributed by atoms with Gasteiger partial charge in [0, 0.05) is 37.6 Å². The van der Waals surface area contributed by atoms with E-state index in [-0.39, 0.29) is 23.9 Å². The molecule has 8 heteroatoms. The van der Waals surface area contributed by atoms with E-state index in [1.165, 1.54) is 16.2 Å². The van der Waals surface area contributed by atoms with Gasteiger partial charge in [0.2, 0.25) is 0 Å². The van der Waals surface area contributed by atoms with Crippen molar-refractivity contribution in [3.8, 4) is 0 Å². The van der Waals surface area contributed by atoms with Crippen LogP contribution in [0.5, 0.6) is 0 Å². The Morgan fingerprint density at radius 2 is 1.81 bits per heavy atom. The summed E-state index contributed by atoms with van der Waals surface area (Å²) in [6.45, 7) is 3.55. The van der Waals surface area contributed by atoms with E-state index in [9.17, 15) is 14.4 Å². The lowest BCUT2D eigenvalue weighted by atomic mass is 10.0. The van der Waals surface area contributed by atoms with E-state index in [0.717, 1.165) is 10.4 Å². The molecule has 0 radical (unpaired) electrons. The molecule has 0 bridgehead atoms. The zero-order valence-corrected chi connectivity index (χ0v) is 19.1. The second kappa shape index (κ2) is 9.56. The first-order valence-electron chi connectivity index (χ1n) is 10.8. The standard InChI is InChI=1S/C24H27N3O4S/c1-3-31-24(30)26-13-11-18(12-14-26)27-22(28)20(19-10-7-15-32-19)21(23(27)29)25(2)16-17-8-5-4-6-9-17/h4-10,15,18H,3,11-14,16H2,1-2H3. The molecule has 1 fully saturated rings. The molecule has 0 N–H and O–H groups in total. The highest BCUT2D eigenvalue weighted by Crippen LogP contribution is 2.36. The molecule has 0 spiro atoms. The highest BCUT2D eigenvalue weighted by molar-refractivity contribution is 7.11. The summed E-state index contributed by atoms with van der Waals surface area (Å²) >= 11 is 1.46. The summed E-state index contributed by atoms with van der Waals surface area (Å²) in [4.78, 5) is 44.8. The highest BCUT2D eigenvalue weighted by Gasteiger charge is 2.45. The van der Waals surface area contributed by atoms with Gasteiger partial charge in [0.1, 0.15) is 5.70 Å². The van der Waals surface area contributed by atoms with E-state index in [1.807, 2.05) is 59.8 Å². The molecular formula is C24H27N3O4S. The number of carbonyl (C=O) groups excluding carboxylic acids is 3. The topological polar surface area (TPSA) is 70.2 Å². The molecule has 1 saturated heterocycles. The maximum atomic E-state index is 13.6. The summed E-state index contributed by atoms with van der Waals surface area (Å²) in [7, 11) is 1.86. The third-order valence-corrected chi connectivity index (χ3v) is 6.75. The van der Waals surface area contributed by atoms with Gasteiger partial charge >= 0.3 is 6.09 Å². The Kier molecular flexibility index (Phi) is 6.60. The molecule has 2 aromatic rings. The van der Waals surface area contributed by atoms with Gasteiger partial charge < -0.3 is 14.5 Å². The third-order valence-electron chi connectivity index (χ3n) is 5.86. The molecule has 0 atom stereocenters. The van der Waals surface area contributed by atoms with Crippen LogP contribution in [0.25, 0.3) is 5.57 Å². The Morgan fingerprint density at radius 3 is 2.44 bits per heavy atom. The molecule has 0 saturated carbocycles. The van der Waals surface area contributed by atoms with E-state index >= 15 is 0 Å². The van der Waals surface area contributed by atoms with Crippen molar-refractivity contribution in [1.82, 2.24) is 14.7 Å². The first kappa shape index (κ1) is 22.1. The van der Waals surface area contributed by atoms with Crippen molar-refractivity contribution >= 4 is 34.8 Å². The molecular weight excluding hydrogens is 426 g/mol. The van der Waals surface area contributed by atoms with Crippen molar-refractivity contribution in [3.05, 3.63) is 64.0 Å². The number of imide groups is 1. The van der Waals surface area contributed by atoms with Crippen LogP contribution in [0, 0.1) is 0 Å². The van der Waals surface area contributed by atoms with Crippen LogP contribution in [0.15, 0.2) is 53.5 Å². The molecule has 0 aliphatic carbocycles. The Morgan fingerprint density at radius 1 is 1.09 bits per heavy atom.